The maximum Gasteiger partial charge on any atom is 0.250 e. The van der Waals surface area contributed by atoms with E-state index in [9.17, 15) is 18.7 Å². The molecule has 4 N–H and O–H groups in total. The monoisotopic (exact) mass is 279 g/mol. The average molecular weight is 279 g/mol. The third-order valence-electron chi connectivity index (χ3n) is 3.46. The number of hydrogen-bond acceptors (Lipinski definition) is 4. The predicted molar refractivity (Wildman–Crippen MR) is 67.8 cm³/mol. The Labute approximate surface area is 112 Å². The molecule has 3 unspecified atom stereocenters. The molecule has 1 rings (SSSR count). The number of nitrogens with one attached hydrogen (secondary N) is 1. The molecule has 112 valence electrons. The second kappa shape index (κ2) is 7.72. The smallest absolute Gasteiger partial charge is 0.250 e. The number of alkyl halides is 2. The molecule has 1 aliphatic heterocycles. The second-order valence-corrected chi connectivity index (χ2v) is 5.13. The lowest BCUT2D eigenvalue weighted by molar-refractivity contribution is -0.120. The average Bonchev–Trinajstić information content (AvgIpc) is 2.34. The third kappa shape index (κ3) is 5.80. The van der Waals surface area contributed by atoms with E-state index in [1.165, 1.54) is 0 Å². The molecule has 1 amide bonds. The number of aliphatic hydroxyl groups excluding tert-OH is 1. The number of rotatable bonds is 7. The number of hydrogen-bond donors (Lipinski definition) is 3. The van der Waals surface area contributed by atoms with Crippen LogP contribution in [0.5, 0.6) is 0 Å². The number of piperidine rings is 1. The second-order valence-electron chi connectivity index (χ2n) is 5.13. The fourth-order valence-electron chi connectivity index (χ4n) is 2.60. The van der Waals surface area contributed by atoms with Crippen molar-refractivity contribution in [3.05, 3.63) is 0 Å². The number of carbonyl (C=O) groups is 1. The van der Waals surface area contributed by atoms with E-state index in [1.807, 2.05) is 11.8 Å². The van der Waals surface area contributed by atoms with Crippen molar-refractivity contribution in [2.75, 3.05) is 26.2 Å². The fraction of sp³-hybridized carbons (Fsp3) is 0.917. The van der Waals surface area contributed by atoms with Crippen LogP contribution in [-0.2, 0) is 4.79 Å². The van der Waals surface area contributed by atoms with E-state index in [4.69, 9.17) is 5.73 Å². The number of amides is 1. The van der Waals surface area contributed by atoms with Gasteiger partial charge >= 0.3 is 0 Å². The quantitative estimate of drug-likeness (QED) is 0.602. The molecule has 0 spiro atoms. The number of likely N-dealkylation sites (tertiary alicyclic amines) is 1. The highest BCUT2D eigenvalue weighted by Crippen LogP contribution is 2.21. The Balaban J connectivity index is 2.58. The van der Waals surface area contributed by atoms with Crippen LogP contribution in [0.4, 0.5) is 8.78 Å². The summed E-state index contributed by atoms with van der Waals surface area (Å²) in [6.45, 7) is 2.68. The molecule has 0 aliphatic carbocycles. The van der Waals surface area contributed by atoms with E-state index in [-0.39, 0.29) is 25.0 Å². The van der Waals surface area contributed by atoms with Crippen molar-refractivity contribution in [1.29, 1.82) is 0 Å². The van der Waals surface area contributed by atoms with Crippen LogP contribution < -0.4 is 11.1 Å². The van der Waals surface area contributed by atoms with Crippen LogP contribution in [0.15, 0.2) is 0 Å². The first kappa shape index (κ1) is 16.3. The standard InChI is InChI=1S/C12H23F2N3O2/c1-2-10(18)8-3-9(16-4-11(13)14)6-17(5-8)7-12(15)19/h8-11,16,18H,2-7H2,1H3,(H2,15,19). The summed E-state index contributed by atoms with van der Waals surface area (Å²) in [6, 6.07) is -0.145. The van der Waals surface area contributed by atoms with Crippen molar-refractivity contribution in [3.63, 3.8) is 0 Å². The van der Waals surface area contributed by atoms with Gasteiger partial charge in [-0.2, -0.15) is 0 Å². The highest BCUT2D eigenvalue weighted by molar-refractivity contribution is 5.75. The van der Waals surface area contributed by atoms with Gasteiger partial charge in [-0.15, -0.1) is 0 Å². The summed E-state index contributed by atoms with van der Waals surface area (Å²) in [4.78, 5) is 12.8. The molecular weight excluding hydrogens is 256 g/mol. The number of aliphatic hydroxyl groups is 1. The minimum Gasteiger partial charge on any atom is -0.393 e. The van der Waals surface area contributed by atoms with Gasteiger partial charge in [-0.05, 0) is 18.8 Å². The van der Waals surface area contributed by atoms with Gasteiger partial charge in [0.25, 0.3) is 6.43 Å². The molecule has 1 saturated heterocycles. The van der Waals surface area contributed by atoms with Crippen molar-refractivity contribution >= 4 is 5.91 Å². The highest BCUT2D eigenvalue weighted by Gasteiger charge is 2.31. The molecule has 7 heteroatoms. The number of nitrogens with two attached hydrogens (primary N) is 1. The van der Waals surface area contributed by atoms with Crippen molar-refractivity contribution in [2.45, 2.75) is 38.3 Å². The number of primary amides is 1. The third-order valence-corrected chi connectivity index (χ3v) is 3.46. The molecule has 0 aromatic carbocycles. The van der Waals surface area contributed by atoms with Crippen LogP contribution in [0.2, 0.25) is 0 Å². The summed E-state index contributed by atoms with van der Waals surface area (Å²) in [5.41, 5.74) is 5.16. The molecule has 19 heavy (non-hydrogen) atoms. The molecule has 0 aromatic rings. The Morgan fingerprint density at radius 1 is 1.53 bits per heavy atom. The fourth-order valence-corrected chi connectivity index (χ4v) is 2.60. The van der Waals surface area contributed by atoms with E-state index in [0.717, 1.165) is 0 Å². The number of carbonyl (C=O) groups excluding carboxylic acids is 1. The normalized spacial score (nSPS) is 26.6. The lowest BCUT2D eigenvalue weighted by Gasteiger charge is -2.39. The molecule has 1 fully saturated rings. The van der Waals surface area contributed by atoms with Gasteiger partial charge in [-0.1, -0.05) is 6.92 Å². The van der Waals surface area contributed by atoms with Gasteiger partial charge in [0, 0.05) is 19.1 Å². The zero-order valence-corrected chi connectivity index (χ0v) is 11.2. The lowest BCUT2D eigenvalue weighted by atomic mass is 9.88. The van der Waals surface area contributed by atoms with Gasteiger partial charge in [0.2, 0.25) is 5.91 Å². The Bertz CT molecular complexity index is 292. The summed E-state index contributed by atoms with van der Waals surface area (Å²) in [7, 11) is 0. The van der Waals surface area contributed by atoms with Gasteiger partial charge in [-0.25, -0.2) is 8.78 Å². The maximum absolute atomic E-state index is 12.2. The molecule has 0 bridgehead atoms. The van der Waals surface area contributed by atoms with Gasteiger partial charge < -0.3 is 16.2 Å². The van der Waals surface area contributed by atoms with Crippen molar-refractivity contribution in [1.82, 2.24) is 10.2 Å². The number of halogens is 2. The largest absolute Gasteiger partial charge is 0.393 e. The molecule has 5 nitrogen and oxygen atoms in total. The summed E-state index contributed by atoms with van der Waals surface area (Å²) < 4.78 is 24.4. The van der Waals surface area contributed by atoms with Crippen LogP contribution >= 0.6 is 0 Å². The SMILES string of the molecule is CCC(O)C1CC(NCC(F)F)CN(CC(N)=O)C1. The topological polar surface area (TPSA) is 78.6 Å². The molecule has 0 radical (unpaired) electrons. The van der Waals surface area contributed by atoms with Crippen LogP contribution in [0.1, 0.15) is 19.8 Å². The Morgan fingerprint density at radius 3 is 2.74 bits per heavy atom. The van der Waals surface area contributed by atoms with Crippen LogP contribution in [0.3, 0.4) is 0 Å². The molecular formula is C12H23F2N3O2. The zero-order chi connectivity index (χ0) is 14.4. The maximum atomic E-state index is 12.2. The van der Waals surface area contributed by atoms with Crippen molar-refractivity contribution in [3.8, 4) is 0 Å². The van der Waals surface area contributed by atoms with E-state index in [0.29, 0.717) is 25.9 Å². The van der Waals surface area contributed by atoms with Crippen LogP contribution in [-0.4, -0.2) is 60.7 Å². The first-order valence-corrected chi connectivity index (χ1v) is 6.62. The molecule has 0 saturated carbocycles. The lowest BCUT2D eigenvalue weighted by Crippen LogP contribution is -2.54. The highest BCUT2D eigenvalue weighted by atomic mass is 19.3. The minimum absolute atomic E-state index is 0.0201. The van der Waals surface area contributed by atoms with Gasteiger partial charge in [0.1, 0.15) is 0 Å². The molecule has 3 atom stereocenters. The summed E-state index contributed by atoms with van der Waals surface area (Å²) in [5, 5.41) is 12.7. The molecule has 1 heterocycles. The number of nitrogens with zero attached hydrogens (tertiary/aromatic N) is 1. The van der Waals surface area contributed by atoms with Crippen molar-refractivity contribution in [2.24, 2.45) is 11.7 Å². The van der Waals surface area contributed by atoms with Crippen LogP contribution in [0.25, 0.3) is 0 Å². The molecule has 0 aromatic heterocycles. The molecule has 1 aliphatic rings. The van der Waals surface area contributed by atoms with Crippen molar-refractivity contribution < 1.29 is 18.7 Å². The van der Waals surface area contributed by atoms with E-state index < -0.39 is 18.4 Å². The minimum atomic E-state index is -2.40. The summed E-state index contributed by atoms with van der Waals surface area (Å²) in [6.07, 6.45) is -1.64. The predicted octanol–water partition coefficient (Wildman–Crippen LogP) is -0.212. The Kier molecular flexibility index (Phi) is 6.60. The first-order chi connectivity index (χ1) is 8.92. The Morgan fingerprint density at radius 2 is 2.21 bits per heavy atom. The summed E-state index contributed by atoms with van der Waals surface area (Å²) in [5.74, 6) is -0.465. The van der Waals surface area contributed by atoms with Gasteiger partial charge in [0.15, 0.2) is 0 Å². The zero-order valence-electron chi connectivity index (χ0n) is 11.2. The van der Waals surface area contributed by atoms with E-state index in [1.54, 1.807) is 0 Å². The summed E-state index contributed by atoms with van der Waals surface area (Å²) >= 11 is 0. The van der Waals surface area contributed by atoms with E-state index >= 15 is 0 Å². The first-order valence-electron chi connectivity index (χ1n) is 6.62. The van der Waals surface area contributed by atoms with E-state index in [2.05, 4.69) is 5.32 Å². The van der Waals surface area contributed by atoms with Gasteiger partial charge in [0.05, 0.1) is 19.2 Å². The van der Waals surface area contributed by atoms with Crippen LogP contribution in [0, 0.1) is 5.92 Å². The Hall–Kier alpha value is -0.790. The van der Waals surface area contributed by atoms with Gasteiger partial charge in [-0.3, -0.25) is 9.69 Å².